The molecule has 2 aromatic heterocycles. The van der Waals surface area contributed by atoms with Crippen molar-refractivity contribution in [1.82, 2.24) is 9.38 Å². The molecule has 0 aliphatic carbocycles. The van der Waals surface area contributed by atoms with Gasteiger partial charge in [0, 0.05) is 10.8 Å². The maximum atomic E-state index is 14.7. The molecule has 3 heterocycles. The minimum atomic E-state index is -4.51. The van der Waals surface area contributed by atoms with Crippen molar-refractivity contribution in [3.05, 3.63) is 59.4 Å². The molecule has 0 atom stereocenters. The molecule has 24 heavy (non-hydrogen) atoms. The van der Waals surface area contributed by atoms with Gasteiger partial charge in [0.1, 0.15) is 11.3 Å². The van der Waals surface area contributed by atoms with Crippen LogP contribution in [0.2, 0.25) is 0 Å². The largest absolute Gasteiger partial charge is 0.356 e. The molecule has 0 unspecified atom stereocenters. The zero-order valence-corrected chi connectivity index (χ0v) is 12.4. The first-order chi connectivity index (χ1) is 11.8. The van der Waals surface area contributed by atoms with E-state index in [1.54, 1.807) is 31.2 Å². The fourth-order valence-corrected chi connectivity index (χ4v) is 3.65. The summed E-state index contributed by atoms with van der Waals surface area (Å²) in [7, 11) is 0. The number of benzene rings is 2. The number of hydrogen-bond acceptors (Lipinski definition) is 1. The Labute approximate surface area is 134 Å². The number of pyridine rings is 1. The fraction of sp³-hybridized carbons (Fsp3) is 0.167. The third-order valence-corrected chi connectivity index (χ3v) is 4.78. The molecule has 0 N–H and O–H groups in total. The fourth-order valence-electron chi connectivity index (χ4n) is 3.65. The van der Waals surface area contributed by atoms with E-state index in [0.29, 0.717) is 21.7 Å². The number of nitrogens with zero attached hydrogens (tertiary/aromatic N) is 2. The van der Waals surface area contributed by atoms with Gasteiger partial charge in [-0.15, -0.1) is 0 Å². The third kappa shape index (κ3) is 1.28. The van der Waals surface area contributed by atoms with Gasteiger partial charge in [0.05, 0.1) is 18.6 Å². The number of alkyl halides is 4. The van der Waals surface area contributed by atoms with Gasteiger partial charge in [-0.2, -0.15) is 17.6 Å². The summed E-state index contributed by atoms with van der Waals surface area (Å²) in [4.78, 5) is 3.90. The lowest BCUT2D eigenvalue weighted by Crippen LogP contribution is -2.40. The van der Waals surface area contributed by atoms with E-state index in [-0.39, 0.29) is 11.2 Å². The maximum absolute atomic E-state index is 14.7. The highest BCUT2D eigenvalue weighted by atomic mass is 19.3. The second-order valence-corrected chi connectivity index (χ2v) is 6.08. The summed E-state index contributed by atoms with van der Waals surface area (Å²) in [5.74, 6) is -8.93. The first-order valence-corrected chi connectivity index (χ1v) is 7.36. The zero-order chi connectivity index (χ0) is 17.7. The zero-order valence-electron chi connectivity index (χ0n) is 13.4. The summed E-state index contributed by atoms with van der Waals surface area (Å²) in [6.45, 7) is 1.75. The van der Waals surface area contributed by atoms with Crippen molar-refractivity contribution in [2.45, 2.75) is 18.8 Å². The number of aromatic nitrogens is 2. The number of halogens is 4. The van der Waals surface area contributed by atoms with Crippen molar-refractivity contribution in [3.8, 4) is 0 Å². The van der Waals surface area contributed by atoms with Crippen molar-refractivity contribution >= 4 is 27.3 Å². The van der Waals surface area contributed by atoms with Crippen LogP contribution >= 0.6 is 0 Å². The van der Waals surface area contributed by atoms with Crippen molar-refractivity contribution in [1.29, 1.82) is 0 Å². The molecular weight excluding hydrogens is 320 g/mol. The quantitative estimate of drug-likeness (QED) is 0.322. The first kappa shape index (κ1) is 12.8. The monoisotopic (exact) mass is 331 g/mol. The van der Waals surface area contributed by atoms with Crippen LogP contribution in [0.4, 0.5) is 17.6 Å². The third-order valence-electron chi connectivity index (χ3n) is 4.78. The van der Waals surface area contributed by atoms with Gasteiger partial charge in [0.2, 0.25) is 0 Å². The lowest BCUT2D eigenvalue weighted by atomic mass is 9.90. The van der Waals surface area contributed by atoms with Gasteiger partial charge >= 0.3 is 11.8 Å². The lowest BCUT2D eigenvalue weighted by molar-refractivity contribution is -0.227. The highest BCUT2D eigenvalue weighted by Gasteiger charge is 2.63. The van der Waals surface area contributed by atoms with Gasteiger partial charge in [-0.25, -0.2) is 4.98 Å². The molecule has 5 rings (SSSR count). The molecule has 0 radical (unpaired) electrons. The van der Waals surface area contributed by atoms with Crippen LogP contribution in [-0.4, -0.2) is 9.38 Å². The molecule has 0 bridgehead atoms. The molecule has 6 heteroatoms. The minimum absolute atomic E-state index is 0.00521. The van der Waals surface area contributed by atoms with Crippen molar-refractivity contribution in [2.75, 3.05) is 0 Å². The summed E-state index contributed by atoms with van der Waals surface area (Å²) < 4.78 is 67.5. The second-order valence-electron chi connectivity index (χ2n) is 6.08. The standard InChI is InChI=1S/C18H10F4N2/c1-9-6-7-12-15-14(9)10-4-2-3-5-11(10)16-23-8-13(24(15)16)18(21,22)17(12,19)20/h2-8H,1H3/i8D. The van der Waals surface area contributed by atoms with Crippen LogP contribution in [0, 0.1) is 6.92 Å². The van der Waals surface area contributed by atoms with Crippen LogP contribution in [0.1, 0.15) is 18.2 Å². The molecule has 1 aliphatic heterocycles. The molecule has 0 saturated carbocycles. The van der Waals surface area contributed by atoms with E-state index in [9.17, 15) is 17.6 Å². The molecule has 0 spiro atoms. The number of aryl methyl sites for hydroxylation is 1. The predicted molar refractivity (Wildman–Crippen MR) is 82.7 cm³/mol. The van der Waals surface area contributed by atoms with Crippen molar-refractivity contribution in [2.24, 2.45) is 0 Å². The summed E-state index contributed by atoms with van der Waals surface area (Å²) in [5.41, 5.74) is -0.986. The Bertz CT molecular complexity index is 1230. The van der Waals surface area contributed by atoms with E-state index in [1.807, 2.05) is 0 Å². The summed E-state index contributed by atoms with van der Waals surface area (Å²) in [5, 5.41) is 1.69. The first-order valence-electron chi connectivity index (χ1n) is 7.86. The Kier molecular flexibility index (Phi) is 2.06. The molecule has 0 fully saturated rings. The minimum Gasteiger partial charge on any atom is -0.290 e. The molecule has 4 aromatic rings. The van der Waals surface area contributed by atoms with Gasteiger partial charge in [-0.3, -0.25) is 4.40 Å². The van der Waals surface area contributed by atoms with E-state index in [2.05, 4.69) is 4.98 Å². The van der Waals surface area contributed by atoms with Crippen LogP contribution in [0.15, 0.2) is 42.6 Å². The van der Waals surface area contributed by atoms with Crippen LogP contribution in [0.5, 0.6) is 0 Å². The average Bonchev–Trinajstić information content (AvgIpc) is 2.91. The Morgan fingerprint density at radius 2 is 1.71 bits per heavy atom. The number of imidazole rings is 1. The number of hydrogen-bond donors (Lipinski definition) is 0. The Hall–Kier alpha value is -2.63. The van der Waals surface area contributed by atoms with Gasteiger partial charge in [-0.05, 0) is 17.9 Å². The highest BCUT2D eigenvalue weighted by Crippen LogP contribution is 2.55. The Balaban J connectivity index is 2.26. The van der Waals surface area contributed by atoms with E-state index in [4.69, 9.17) is 1.37 Å². The van der Waals surface area contributed by atoms with Crippen LogP contribution in [0.3, 0.4) is 0 Å². The molecule has 120 valence electrons. The lowest BCUT2D eigenvalue weighted by Gasteiger charge is -2.32. The van der Waals surface area contributed by atoms with Crippen LogP contribution in [0.25, 0.3) is 27.3 Å². The van der Waals surface area contributed by atoms with E-state index in [1.165, 1.54) is 6.07 Å². The topological polar surface area (TPSA) is 17.3 Å². The van der Waals surface area contributed by atoms with Crippen LogP contribution in [-0.2, 0) is 11.8 Å². The van der Waals surface area contributed by atoms with E-state index < -0.39 is 29.3 Å². The molecule has 1 aliphatic rings. The van der Waals surface area contributed by atoms with Gasteiger partial charge < -0.3 is 0 Å². The van der Waals surface area contributed by atoms with E-state index >= 15 is 0 Å². The summed E-state index contributed by atoms with van der Waals surface area (Å²) in [6.07, 6.45) is -0.825. The summed E-state index contributed by atoms with van der Waals surface area (Å²) in [6, 6.07) is 9.42. The number of rotatable bonds is 0. The highest BCUT2D eigenvalue weighted by molar-refractivity contribution is 6.14. The molecule has 2 aromatic carbocycles. The van der Waals surface area contributed by atoms with E-state index in [0.717, 1.165) is 10.5 Å². The summed E-state index contributed by atoms with van der Waals surface area (Å²) >= 11 is 0. The smallest absolute Gasteiger partial charge is 0.290 e. The molecule has 0 saturated heterocycles. The second kappa shape index (κ2) is 3.88. The Morgan fingerprint density at radius 3 is 2.46 bits per heavy atom. The normalized spacial score (nSPS) is 18.6. The van der Waals surface area contributed by atoms with Crippen LogP contribution < -0.4 is 0 Å². The average molecular weight is 331 g/mol. The van der Waals surface area contributed by atoms with Crippen molar-refractivity contribution in [3.63, 3.8) is 0 Å². The number of fused-ring (bicyclic) bond motifs is 3. The van der Waals surface area contributed by atoms with Gasteiger partial charge in [0.25, 0.3) is 0 Å². The maximum Gasteiger partial charge on any atom is 0.356 e. The van der Waals surface area contributed by atoms with Crippen molar-refractivity contribution < 1.29 is 18.9 Å². The Morgan fingerprint density at radius 1 is 1.00 bits per heavy atom. The van der Waals surface area contributed by atoms with Gasteiger partial charge in [-0.1, -0.05) is 36.4 Å². The van der Waals surface area contributed by atoms with Gasteiger partial charge in [0.15, 0.2) is 0 Å². The predicted octanol–water partition coefficient (Wildman–Crippen LogP) is 5.15. The molecule has 2 nitrogen and oxygen atoms in total. The molecule has 0 amide bonds. The SMILES string of the molecule is [2H]c1nc2c3ccccc3c3c(C)ccc4c3n2c1C(F)(F)C4(F)F. The molecular formula is C18H10F4N2.